The van der Waals surface area contributed by atoms with E-state index in [-0.39, 0.29) is 5.11 Å². The van der Waals surface area contributed by atoms with Crippen molar-refractivity contribution in [3.05, 3.63) is 65.2 Å². The quantitative estimate of drug-likeness (QED) is 0.261. The molecule has 0 radical (unpaired) electrons. The average Bonchev–Trinajstić information content (AvgIpc) is 2.67. The van der Waals surface area contributed by atoms with Crippen molar-refractivity contribution < 1.29 is 14.3 Å². The van der Waals surface area contributed by atoms with E-state index < -0.39 is 21.8 Å². The van der Waals surface area contributed by atoms with Crippen molar-refractivity contribution in [2.24, 2.45) is 0 Å². The van der Waals surface area contributed by atoms with Gasteiger partial charge in [0.05, 0.1) is 12.7 Å². The zero-order valence-corrected chi connectivity index (χ0v) is 18.5. The molecule has 1 unspecified atom stereocenters. The molecule has 3 N–H and O–H groups in total. The van der Waals surface area contributed by atoms with Gasteiger partial charge in [0.15, 0.2) is 5.11 Å². The number of aryl methyl sites for hydroxylation is 1. The molecule has 0 saturated carbocycles. The lowest BCUT2D eigenvalue weighted by atomic mass is 10.1. The van der Waals surface area contributed by atoms with E-state index in [1.165, 1.54) is 7.11 Å². The molecule has 0 aliphatic carbocycles. The van der Waals surface area contributed by atoms with Gasteiger partial charge >= 0.3 is 5.97 Å². The Morgan fingerprint density at radius 2 is 1.66 bits per heavy atom. The van der Waals surface area contributed by atoms with E-state index in [1.54, 1.807) is 49.4 Å². The fourth-order valence-electron chi connectivity index (χ4n) is 2.34. The predicted molar refractivity (Wildman–Crippen MR) is 120 cm³/mol. The second kappa shape index (κ2) is 10.1. The molecular formula is C19H18Cl3N3O3S. The van der Waals surface area contributed by atoms with Crippen LogP contribution in [0, 0.1) is 6.92 Å². The van der Waals surface area contributed by atoms with Crippen LogP contribution in [0.4, 0.5) is 5.69 Å². The molecule has 29 heavy (non-hydrogen) atoms. The molecule has 154 valence electrons. The first-order valence-electron chi connectivity index (χ1n) is 8.31. The number of esters is 1. The number of amides is 1. The van der Waals surface area contributed by atoms with Gasteiger partial charge in [0, 0.05) is 11.3 Å². The van der Waals surface area contributed by atoms with Crippen LogP contribution in [0.15, 0.2) is 48.5 Å². The van der Waals surface area contributed by atoms with E-state index in [9.17, 15) is 9.59 Å². The molecule has 0 bridgehead atoms. The molecule has 2 aromatic carbocycles. The van der Waals surface area contributed by atoms with Gasteiger partial charge in [-0.15, -0.1) is 0 Å². The smallest absolute Gasteiger partial charge is 0.337 e. The van der Waals surface area contributed by atoms with Gasteiger partial charge in [-0.25, -0.2) is 4.79 Å². The number of alkyl halides is 3. The van der Waals surface area contributed by atoms with Crippen molar-refractivity contribution in [3.63, 3.8) is 0 Å². The zero-order valence-electron chi connectivity index (χ0n) is 15.5. The van der Waals surface area contributed by atoms with Gasteiger partial charge in [0.2, 0.25) is 3.79 Å². The third-order valence-electron chi connectivity index (χ3n) is 3.83. The highest BCUT2D eigenvalue weighted by molar-refractivity contribution is 7.80. The predicted octanol–water partition coefficient (Wildman–Crippen LogP) is 4.19. The molecule has 0 aliphatic rings. The molecule has 0 saturated heterocycles. The lowest BCUT2D eigenvalue weighted by Gasteiger charge is -2.28. The molecule has 0 aromatic heterocycles. The Hall–Kier alpha value is -2.06. The summed E-state index contributed by atoms with van der Waals surface area (Å²) in [6, 6.07) is 13.4. The van der Waals surface area contributed by atoms with E-state index in [0.29, 0.717) is 16.8 Å². The van der Waals surface area contributed by atoms with Gasteiger partial charge in [0.25, 0.3) is 5.91 Å². The topological polar surface area (TPSA) is 79.5 Å². The number of carbonyl (C=O) groups is 2. The molecule has 1 amide bonds. The van der Waals surface area contributed by atoms with Crippen LogP contribution in [0.1, 0.15) is 26.3 Å². The Morgan fingerprint density at radius 1 is 1.03 bits per heavy atom. The van der Waals surface area contributed by atoms with Crippen LogP contribution in [0.3, 0.4) is 0 Å². The Morgan fingerprint density at radius 3 is 2.21 bits per heavy atom. The minimum Gasteiger partial charge on any atom is -0.465 e. The molecular weight excluding hydrogens is 457 g/mol. The van der Waals surface area contributed by atoms with E-state index in [0.717, 1.165) is 5.56 Å². The summed E-state index contributed by atoms with van der Waals surface area (Å²) in [5.74, 6) is -0.871. The van der Waals surface area contributed by atoms with Crippen molar-refractivity contribution in [1.29, 1.82) is 0 Å². The average molecular weight is 475 g/mol. The highest BCUT2D eigenvalue weighted by atomic mass is 35.6. The number of hydrogen-bond acceptors (Lipinski definition) is 4. The lowest BCUT2D eigenvalue weighted by molar-refractivity contribution is 0.0600. The Balaban J connectivity index is 2.06. The highest BCUT2D eigenvalue weighted by Crippen LogP contribution is 2.29. The number of hydrogen-bond donors (Lipinski definition) is 3. The summed E-state index contributed by atoms with van der Waals surface area (Å²) in [4.78, 5) is 24.0. The number of nitrogens with one attached hydrogen (secondary N) is 3. The summed E-state index contributed by atoms with van der Waals surface area (Å²) < 4.78 is 2.77. The summed E-state index contributed by atoms with van der Waals surface area (Å²) in [7, 11) is 1.30. The molecule has 2 rings (SSSR count). The number of halogens is 3. The van der Waals surface area contributed by atoms with Gasteiger partial charge in [-0.3, -0.25) is 4.79 Å². The number of ether oxygens (including phenoxy) is 1. The Kier molecular flexibility index (Phi) is 8.10. The van der Waals surface area contributed by atoms with Gasteiger partial charge in [-0.1, -0.05) is 53.0 Å². The number of rotatable bonds is 5. The van der Waals surface area contributed by atoms with Crippen LogP contribution in [0.2, 0.25) is 0 Å². The molecule has 0 heterocycles. The second-order valence-electron chi connectivity index (χ2n) is 5.93. The van der Waals surface area contributed by atoms with Crippen LogP contribution >= 0.6 is 47.0 Å². The Bertz CT molecular complexity index is 902. The molecule has 6 nitrogen and oxygen atoms in total. The van der Waals surface area contributed by atoms with E-state index >= 15 is 0 Å². The molecule has 2 aromatic rings. The van der Waals surface area contributed by atoms with E-state index in [1.807, 2.05) is 6.07 Å². The molecule has 0 aliphatic heterocycles. The maximum Gasteiger partial charge on any atom is 0.337 e. The number of benzene rings is 2. The minimum atomic E-state index is -1.88. The van der Waals surface area contributed by atoms with Crippen LogP contribution in [0.25, 0.3) is 0 Å². The van der Waals surface area contributed by atoms with Crippen molar-refractivity contribution in [2.45, 2.75) is 16.9 Å². The minimum absolute atomic E-state index is 0.109. The summed E-state index contributed by atoms with van der Waals surface area (Å²) >= 11 is 23.3. The first-order valence-corrected chi connectivity index (χ1v) is 9.85. The summed E-state index contributed by atoms with van der Waals surface area (Å²) in [5.41, 5.74) is 2.20. The summed E-state index contributed by atoms with van der Waals surface area (Å²) in [5, 5.41) is 8.41. The standard InChI is InChI=1S/C19H18Cl3N3O3S/c1-11-5-3-4-6-14(11)15(26)24-17(19(20,21)22)25-18(29)23-13-9-7-12(8-10-13)16(27)28-2/h3-10,17H,1-2H3,(H,24,26)(H2,23,25,29). The van der Waals surface area contributed by atoms with Crippen LogP contribution in [0.5, 0.6) is 0 Å². The lowest BCUT2D eigenvalue weighted by Crippen LogP contribution is -2.56. The third-order valence-corrected chi connectivity index (χ3v) is 4.71. The second-order valence-corrected chi connectivity index (χ2v) is 8.71. The highest BCUT2D eigenvalue weighted by Gasteiger charge is 2.35. The van der Waals surface area contributed by atoms with Crippen molar-refractivity contribution in [2.75, 3.05) is 12.4 Å². The first kappa shape index (κ1) is 23.2. The van der Waals surface area contributed by atoms with Crippen LogP contribution in [-0.4, -0.2) is 34.1 Å². The molecule has 10 heteroatoms. The first-order chi connectivity index (χ1) is 13.6. The van der Waals surface area contributed by atoms with Crippen LogP contribution < -0.4 is 16.0 Å². The normalized spacial score (nSPS) is 11.9. The van der Waals surface area contributed by atoms with Gasteiger partial charge in [0.1, 0.15) is 6.17 Å². The number of methoxy groups -OCH3 is 1. The summed E-state index contributed by atoms with van der Waals surface area (Å²) in [6.45, 7) is 1.80. The maximum atomic E-state index is 12.6. The number of carbonyl (C=O) groups excluding carboxylic acids is 2. The number of anilines is 1. The zero-order chi connectivity index (χ0) is 21.6. The maximum absolute atomic E-state index is 12.6. The molecule has 1 atom stereocenters. The van der Waals surface area contributed by atoms with E-state index in [2.05, 4.69) is 20.7 Å². The van der Waals surface area contributed by atoms with Crippen molar-refractivity contribution >= 4 is 69.7 Å². The third kappa shape index (κ3) is 6.75. The number of thiocarbonyl (C=S) groups is 1. The molecule has 0 fully saturated rings. The van der Waals surface area contributed by atoms with Gasteiger partial charge in [-0.05, 0) is 55.0 Å². The van der Waals surface area contributed by atoms with Crippen LogP contribution in [-0.2, 0) is 4.74 Å². The van der Waals surface area contributed by atoms with Gasteiger partial charge < -0.3 is 20.7 Å². The molecule has 0 spiro atoms. The Labute approximate surface area is 188 Å². The largest absolute Gasteiger partial charge is 0.465 e. The van der Waals surface area contributed by atoms with E-state index in [4.69, 9.17) is 47.0 Å². The fourth-order valence-corrected chi connectivity index (χ4v) is 2.91. The van der Waals surface area contributed by atoms with Crippen molar-refractivity contribution in [1.82, 2.24) is 10.6 Å². The summed E-state index contributed by atoms with van der Waals surface area (Å²) in [6.07, 6.45) is -1.10. The monoisotopic (exact) mass is 473 g/mol. The van der Waals surface area contributed by atoms with Crippen molar-refractivity contribution in [3.8, 4) is 0 Å². The SMILES string of the molecule is COC(=O)c1ccc(NC(=S)NC(NC(=O)c2ccccc2C)C(Cl)(Cl)Cl)cc1. The fraction of sp³-hybridized carbons (Fsp3) is 0.211. The van der Waals surface area contributed by atoms with Gasteiger partial charge in [-0.2, -0.15) is 0 Å².